The van der Waals surface area contributed by atoms with Gasteiger partial charge >= 0.3 is 0 Å². The fraction of sp³-hybridized carbons (Fsp3) is 1.00. The molecule has 0 amide bonds. The van der Waals surface area contributed by atoms with Gasteiger partial charge in [-0.3, -0.25) is 0 Å². The lowest BCUT2D eigenvalue weighted by Crippen LogP contribution is -2.25. The zero-order chi connectivity index (χ0) is 8.53. The Hall–Kier alpha value is -0.120. The lowest BCUT2D eigenvalue weighted by molar-refractivity contribution is 0.326. The van der Waals surface area contributed by atoms with Gasteiger partial charge in [0.05, 0.1) is 0 Å². The highest BCUT2D eigenvalue weighted by Gasteiger charge is 1.95. The molecule has 68 valence electrons. The summed E-state index contributed by atoms with van der Waals surface area (Å²) in [5, 5.41) is 3.13. The van der Waals surface area contributed by atoms with E-state index in [4.69, 9.17) is 5.73 Å². The minimum absolute atomic E-state index is 0.802. The minimum atomic E-state index is 0.802. The number of hydrogen-bond acceptors (Lipinski definition) is 3. The van der Waals surface area contributed by atoms with Gasteiger partial charge in [0.25, 0.3) is 0 Å². The Balaban J connectivity index is 3.02. The average Bonchev–Trinajstić information content (AvgIpc) is 2.01. The van der Waals surface area contributed by atoms with Crippen LogP contribution < -0.4 is 11.1 Å². The fourth-order valence-corrected chi connectivity index (χ4v) is 0.999. The minimum Gasteiger partial charge on any atom is -0.330 e. The summed E-state index contributed by atoms with van der Waals surface area (Å²) >= 11 is 0. The third-order valence-electron chi connectivity index (χ3n) is 1.71. The van der Waals surface area contributed by atoms with Crippen molar-refractivity contribution in [3.63, 3.8) is 0 Å². The summed E-state index contributed by atoms with van der Waals surface area (Å²) in [4.78, 5) is 2.32. The van der Waals surface area contributed by atoms with Crippen LogP contribution in [-0.2, 0) is 0 Å². The molecule has 0 aliphatic carbocycles. The molecule has 3 nitrogen and oxygen atoms in total. The topological polar surface area (TPSA) is 41.3 Å². The Bertz CT molecular complexity index is 75.7. The van der Waals surface area contributed by atoms with E-state index in [9.17, 15) is 0 Å². The van der Waals surface area contributed by atoms with Crippen LogP contribution in [-0.4, -0.2) is 45.2 Å². The molecule has 0 unspecified atom stereocenters. The van der Waals surface area contributed by atoms with Crippen LogP contribution in [0.15, 0.2) is 0 Å². The van der Waals surface area contributed by atoms with Crippen LogP contribution in [0.5, 0.6) is 0 Å². The van der Waals surface area contributed by atoms with E-state index in [1.807, 2.05) is 7.05 Å². The van der Waals surface area contributed by atoms with Crippen LogP contribution in [0.2, 0.25) is 0 Å². The molecule has 0 aliphatic rings. The normalized spacial score (nSPS) is 10.9. The first-order chi connectivity index (χ1) is 5.31. The average molecular weight is 159 g/mol. The van der Waals surface area contributed by atoms with Crippen molar-refractivity contribution < 1.29 is 0 Å². The lowest BCUT2D eigenvalue weighted by atomic mass is 10.3. The molecule has 3 heteroatoms. The smallest absolute Gasteiger partial charge is 0.000968 e. The maximum atomic E-state index is 5.39. The molecule has 0 saturated carbocycles. The molecular formula is C8H21N3. The van der Waals surface area contributed by atoms with E-state index >= 15 is 0 Å². The Morgan fingerprint density at radius 2 is 1.91 bits per heavy atom. The standard InChI is InChI=1S/C8H21N3/c1-10-6-4-8-11(2)7-3-5-9/h10H,3-9H2,1-2H3. The highest BCUT2D eigenvalue weighted by molar-refractivity contribution is 4.53. The van der Waals surface area contributed by atoms with Crippen molar-refractivity contribution in [3.05, 3.63) is 0 Å². The molecule has 11 heavy (non-hydrogen) atoms. The van der Waals surface area contributed by atoms with E-state index in [0.717, 1.165) is 26.1 Å². The van der Waals surface area contributed by atoms with Gasteiger partial charge in [-0.1, -0.05) is 0 Å². The second-order valence-corrected chi connectivity index (χ2v) is 2.90. The maximum absolute atomic E-state index is 5.39. The number of nitrogens with two attached hydrogens (primary N) is 1. The third-order valence-corrected chi connectivity index (χ3v) is 1.71. The Labute approximate surface area is 69.9 Å². The predicted molar refractivity (Wildman–Crippen MR) is 49.7 cm³/mol. The van der Waals surface area contributed by atoms with Crippen molar-refractivity contribution in [1.82, 2.24) is 10.2 Å². The molecule has 0 spiro atoms. The highest BCUT2D eigenvalue weighted by Crippen LogP contribution is 1.87. The van der Waals surface area contributed by atoms with Crippen molar-refractivity contribution in [2.24, 2.45) is 5.73 Å². The van der Waals surface area contributed by atoms with Crippen LogP contribution in [0, 0.1) is 0 Å². The Morgan fingerprint density at radius 1 is 1.27 bits per heavy atom. The van der Waals surface area contributed by atoms with Crippen LogP contribution in [0.3, 0.4) is 0 Å². The molecule has 0 radical (unpaired) electrons. The largest absolute Gasteiger partial charge is 0.330 e. The van der Waals surface area contributed by atoms with Crippen LogP contribution in [0.25, 0.3) is 0 Å². The summed E-state index contributed by atoms with van der Waals surface area (Å²) in [5.41, 5.74) is 5.39. The summed E-state index contributed by atoms with van der Waals surface area (Å²) in [6.07, 6.45) is 2.33. The van der Waals surface area contributed by atoms with Gasteiger partial charge in [0.15, 0.2) is 0 Å². The number of nitrogens with one attached hydrogen (secondary N) is 1. The van der Waals surface area contributed by atoms with Gasteiger partial charge in [-0.25, -0.2) is 0 Å². The molecule has 0 aromatic heterocycles. The summed E-state index contributed by atoms with van der Waals surface area (Å²) in [6, 6.07) is 0. The maximum Gasteiger partial charge on any atom is -0.000968 e. The zero-order valence-electron chi connectivity index (χ0n) is 7.77. The van der Waals surface area contributed by atoms with Crippen molar-refractivity contribution in [2.45, 2.75) is 12.8 Å². The molecule has 0 fully saturated rings. The van der Waals surface area contributed by atoms with E-state index in [1.54, 1.807) is 0 Å². The quantitative estimate of drug-likeness (QED) is 0.509. The van der Waals surface area contributed by atoms with Gasteiger partial charge < -0.3 is 16.0 Å². The predicted octanol–water partition coefficient (Wildman–Crippen LogP) is -0.123. The molecule has 0 aromatic rings. The Morgan fingerprint density at radius 3 is 2.45 bits per heavy atom. The van der Waals surface area contributed by atoms with Gasteiger partial charge in [0.2, 0.25) is 0 Å². The summed E-state index contributed by atoms with van der Waals surface area (Å²) in [7, 11) is 4.13. The SMILES string of the molecule is CNCCCN(C)CCCN. The van der Waals surface area contributed by atoms with Crippen LogP contribution in [0.1, 0.15) is 12.8 Å². The molecule has 0 heterocycles. The lowest BCUT2D eigenvalue weighted by Gasteiger charge is -2.15. The summed E-state index contributed by atoms with van der Waals surface area (Å²) < 4.78 is 0. The Kier molecular flexibility index (Phi) is 7.89. The van der Waals surface area contributed by atoms with Crippen molar-refractivity contribution in [3.8, 4) is 0 Å². The van der Waals surface area contributed by atoms with Gasteiger partial charge in [-0.2, -0.15) is 0 Å². The van der Waals surface area contributed by atoms with Gasteiger partial charge in [-0.15, -0.1) is 0 Å². The molecule has 0 saturated heterocycles. The van der Waals surface area contributed by atoms with Crippen LogP contribution >= 0.6 is 0 Å². The van der Waals surface area contributed by atoms with Gasteiger partial charge in [-0.05, 0) is 53.1 Å². The third kappa shape index (κ3) is 7.78. The first kappa shape index (κ1) is 10.9. The number of hydrogen-bond donors (Lipinski definition) is 2. The van der Waals surface area contributed by atoms with E-state index < -0.39 is 0 Å². The van der Waals surface area contributed by atoms with E-state index in [-0.39, 0.29) is 0 Å². The first-order valence-electron chi connectivity index (χ1n) is 4.34. The van der Waals surface area contributed by atoms with Gasteiger partial charge in [0, 0.05) is 0 Å². The molecule has 0 atom stereocenters. The molecule has 0 rings (SSSR count). The summed E-state index contributed by atoms with van der Waals surface area (Å²) in [6.45, 7) is 4.20. The molecule has 0 bridgehead atoms. The van der Waals surface area contributed by atoms with Gasteiger partial charge in [0.1, 0.15) is 0 Å². The number of nitrogens with zero attached hydrogens (tertiary/aromatic N) is 1. The summed E-state index contributed by atoms with van der Waals surface area (Å²) in [5.74, 6) is 0. The highest BCUT2D eigenvalue weighted by atomic mass is 15.1. The fourth-order valence-electron chi connectivity index (χ4n) is 0.999. The van der Waals surface area contributed by atoms with E-state index in [0.29, 0.717) is 0 Å². The second kappa shape index (κ2) is 7.98. The monoisotopic (exact) mass is 159 g/mol. The van der Waals surface area contributed by atoms with E-state index in [1.165, 1.54) is 13.0 Å². The molecular weight excluding hydrogens is 138 g/mol. The first-order valence-corrected chi connectivity index (χ1v) is 4.34. The zero-order valence-corrected chi connectivity index (χ0v) is 7.77. The molecule has 3 N–H and O–H groups in total. The molecule has 0 aromatic carbocycles. The van der Waals surface area contributed by atoms with Crippen LogP contribution in [0.4, 0.5) is 0 Å². The van der Waals surface area contributed by atoms with Crippen molar-refractivity contribution in [2.75, 3.05) is 40.3 Å². The van der Waals surface area contributed by atoms with Crippen molar-refractivity contribution >= 4 is 0 Å². The second-order valence-electron chi connectivity index (χ2n) is 2.90. The number of rotatable bonds is 7. The van der Waals surface area contributed by atoms with Crippen molar-refractivity contribution in [1.29, 1.82) is 0 Å². The molecule has 0 aliphatic heterocycles. The van der Waals surface area contributed by atoms with E-state index in [2.05, 4.69) is 17.3 Å².